The van der Waals surface area contributed by atoms with Crippen molar-refractivity contribution in [3.63, 3.8) is 0 Å². The number of nitrogens with one attached hydrogen (secondary N) is 1. The summed E-state index contributed by atoms with van der Waals surface area (Å²) >= 11 is 9.56. The van der Waals surface area contributed by atoms with Gasteiger partial charge in [0.2, 0.25) is 0 Å². The van der Waals surface area contributed by atoms with Gasteiger partial charge in [-0.25, -0.2) is 4.79 Å². The molecule has 1 aliphatic heterocycles. The number of halogens is 2. The third-order valence-corrected chi connectivity index (χ3v) is 7.71. The Morgan fingerprint density at radius 1 is 1.03 bits per heavy atom. The number of aromatic nitrogens is 2. The number of carbonyl (C=O) groups excluding carboxylic acids is 2. The number of fused-ring (bicyclic) bond motifs is 1. The fourth-order valence-corrected chi connectivity index (χ4v) is 4.94. The highest BCUT2D eigenvalue weighted by Crippen LogP contribution is 2.26. The summed E-state index contributed by atoms with van der Waals surface area (Å²) in [7, 11) is 1.56. The van der Waals surface area contributed by atoms with E-state index in [1.165, 1.54) is 4.57 Å². The molecular weight excluding hydrogens is 572 g/mol. The summed E-state index contributed by atoms with van der Waals surface area (Å²) < 4.78 is 8.92. The van der Waals surface area contributed by atoms with Crippen molar-refractivity contribution in [3.05, 3.63) is 115 Å². The first-order valence-electron chi connectivity index (χ1n) is 11.9. The Hall–Kier alpha value is -3.82. The standard InChI is InChI=1S/C28H24BrClN4O4/c1-38-21-10-8-20(9-11-21)34-25(26(35)31-16-18-5-3-2-4-6-18)24-17-32(13-14-33(24)28(34)37)27(36)19-7-12-22(29)23(30)15-19/h2-12,15H,13-14,16-17H2,1H3,(H,31,35). The van der Waals surface area contributed by atoms with E-state index in [2.05, 4.69) is 21.2 Å². The largest absolute Gasteiger partial charge is 0.497 e. The maximum atomic E-state index is 13.6. The average molecular weight is 596 g/mol. The van der Waals surface area contributed by atoms with Crippen LogP contribution in [-0.2, 0) is 19.6 Å². The van der Waals surface area contributed by atoms with Gasteiger partial charge in [-0.15, -0.1) is 0 Å². The molecule has 8 nitrogen and oxygen atoms in total. The number of methoxy groups -OCH3 is 1. The van der Waals surface area contributed by atoms with Crippen molar-refractivity contribution in [1.29, 1.82) is 0 Å². The summed E-state index contributed by atoms with van der Waals surface area (Å²) in [5, 5.41) is 3.37. The van der Waals surface area contributed by atoms with E-state index in [1.807, 2.05) is 30.3 Å². The lowest BCUT2D eigenvalue weighted by molar-refractivity contribution is 0.0706. The lowest BCUT2D eigenvalue weighted by Crippen LogP contribution is -2.41. The van der Waals surface area contributed by atoms with Crippen molar-refractivity contribution in [2.24, 2.45) is 0 Å². The Morgan fingerprint density at radius 3 is 2.45 bits per heavy atom. The molecule has 0 bridgehead atoms. The molecule has 1 N–H and O–H groups in total. The SMILES string of the molecule is COc1ccc(-n2c(C(=O)NCc3ccccc3)c3n(c2=O)CCN(C(=O)c2ccc(Br)c(Cl)c2)C3)cc1. The van der Waals surface area contributed by atoms with E-state index in [-0.39, 0.29) is 30.4 Å². The zero-order valence-electron chi connectivity index (χ0n) is 20.5. The van der Waals surface area contributed by atoms with Gasteiger partial charge in [-0.1, -0.05) is 41.9 Å². The second-order valence-electron chi connectivity index (χ2n) is 8.79. The Morgan fingerprint density at radius 2 is 1.76 bits per heavy atom. The van der Waals surface area contributed by atoms with Crippen molar-refractivity contribution >= 4 is 39.3 Å². The predicted molar refractivity (Wildman–Crippen MR) is 148 cm³/mol. The smallest absolute Gasteiger partial charge is 0.333 e. The molecule has 2 heterocycles. The van der Waals surface area contributed by atoms with Gasteiger partial charge in [0.15, 0.2) is 0 Å². The zero-order valence-corrected chi connectivity index (χ0v) is 22.8. The fraction of sp³-hybridized carbons (Fsp3) is 0.179. The molecule has 0 aliphatic carbocycles. The Labute approximate surface area is 232 Å². The van der Waals surface area contributed by atoms with Crippen LogP contribution >= 0.6 is 27.5 Å². The molecule has 4 aromatic rings. The predicted octanol–water partition coefficient (Wildman–Crippen LogP) is 4.65. The molecule has 0 unspecified atom stereocenters. The van der Waals surface area contributed by atoms with Crippen LogP contribution in [0.5, 0.6) is 5.75 Å². The Bertz CT molecular complexity index is 1560. The van der Waals surface area contributed by atoms with Gasteiger partial charge in [0.05, 0.1) is 30.1 Å². The molecule has 0 atom stereocenters. The summed E-state index contributed by atoms with van der Waals surface area (Å²) in [6.07, 6.45) is 0. The molecule has 2 amide bonds. The monoisotopic (exact) mass is 594 g/mol. The summed E-state index contributed by atoms with van der Waals surface area (Å²) in [6, 6.07) is 21.5. The molecule has 38 heavy (non-hydrogen) atoms. The summed E-state index contributed by atoms with van der Waals surface area (Å²) in [5.74, 6) is -0.00627. The highest BCUT2D eigenvalue weighted by Gasteiger charge is 2.32. The topological polar surface area (TPSA) is 85.6 Å². The zero-order chi connectivity index (χ0) is 26.8. The molecule has 0 spiro atoms. The second kappa shape index (κ2) is 10.9. The molecule has 3 aromatic carbocycles. The number of rotatable bonds is 6. The number of amides is 2. The van der Waals surface area contributed by atoms with Crippen LogP contribution in [-0.4, -0.2) is 39.5 Å². The minimum absolute atomic E-state index is 0.0962. The van der Waals surface area contributed by atoms with Crippen molar-refractivity contribution in [2.45, 2.75) is 19.6 Å². The molecular formula is C28H24BrClN4O4. The van der Waals surface area contributed by atoms with E-state index in [9.17, 15) is 14.4 Å². The lowest BCUT2D eigenvalue weighted by atomic mass is 10.1. The van der Waals surface area contributed by atoms with E-state index in [1.54, 1.807) is 59.0 Å². The fourth-order valence-electron chi connectivity index (χ4n) is 4.51. The number of hydrogen-bond donors (Lipinski definition) is 1. The van der Waals surface area contributed by atoms with Gasteiger partial charge in [0.1, 0.15) is 11.4 Å². The molecule has 0 saturated heterocycles. The van der Waals surface area contributed by atoms with Crippen LogP contribution in [0.3, 0.4) is 0 Å². The van der Waals surface area contributed by atoms with E-state index >= 15 is 0 Å². The van der Waals surface area contributed by atoms with Gasteiger partial charge in [0, 0.05) is 29.7 Å². The van der Waals surface area contributed by atoms with Gasteiger partial charge in [-0.2, -0.15) is 0 Å². The first-order chi connectivity index (χ1) is 18.4. The third kappa shape index (κ3) is 4.99. The van der Waals surface area contributed by atoms with Crippen molar-refractivity contribution in [3.8, 4) is 11.4 Å². The van der Waals surface area contributed by atoms with Crippen LogP contribution in [0, 0.1) is 0 Å². The van der Waals surface area contributed by atoms with Crippen LogP contribution in [0.4, 0.5) is 0 Å². The van der Waals surface area contributed by atoms with E-state index in [0.717, 1.165) is 5.56 Å². The molecule has 0 radical (unpaired) electrons. The molecule has 194 valence electrons. The summed E-state index contributed by atoms with van der Waals surface area (Å²) in [5.41, 5.74) is 2.21. The number of ether oxygens (including phenoxy) is 1. The van der Waals surface area contributed by atoms with Gasteiger partial charge in [-0.05, 0) is 64.0 Å². The van der Waals surface area contributed by atoms with E-state index in [4.69, 9.17) is 16.3 Å². The highest BCUT2D eigenvalue weighted by molar-refractivity contribution is 9.10. The van der Waals surface area contributed by atoms with Gasteiger partial charge >= 0.3 is 5.69 Å². The Kier molecular flexibility index (Phi) is 7.40. The van der Waals surface area contributed by atoms with Crippen molar-refractivity contribution in [1.82, 2.24) is 19.4 Å². The summed E-state index contributed by atoms with van der Waals surface area (Å²) in [6.45, 7) is 0.962. The normalized spacial score (nSPS) is 12.7. The summed E-state index contributed by atoms with van der Waals surface area (Å²) in [4.78, 5) is 42.2. The van der Waals surface area contributed by atoms with Crippen LogP contribution < -0.4 is 15.7 Å². The van der Waals surface area contributed by atoms with Crippen LogP contribution in [0.25, 0.3) is 5.69 Å². The van der Waals surface area contributed by atoms with E-state index < -0.39 is 5.91 Å². The minimum atomic E-state index is -0.406. The van der Waals surface area contributed by atoms with Crippen molar-refractivity contribution in [2.75, 3.05) is 13.7 Å². The maximum Gasteiger partial charge on any atom is 0.333 e. The quantitative estimate of drug-likeness (QED) is 0.352. The number of carbonyl (C=O) groups is 2. The molecule has 5 rings (SSSR count). The second-order valence-corrected chi connectivity index (χ2v) is 10.0. The number of benzene rings is 3. The molecule has 1 aromatic heterocycles. The lowest BCUT2D eigenvalue weighted by Gasteiger charge is -2.28. The number of imidazole rings is 1. The third-order valence-electron chi connectivity index (χ3n) is 6.47. The van der Waals surface area contributed by atoms with Crippen molar-refractivity contribution < 1.29 is 14.3 Å². The first-order valence-corrected chi connectivity index (χ1v) is 13.1. The average Bonchev–Trinajstić information content (AvgIpc) is 3.25. The molecule has 10 heteroatoms. The minimum Gasteiger partial charge on any atom is -0.497 e. The highest BCUT2D eigenvalue weighted by atomic mass is 79.9. The maximum absolute atomic E-state index is 13.6. The van der Waals surface area contributed by atoms with Crippen LogP contribution in [0.1, 0.15) is 32.1 Å². The Balaban J connectivity index is 1.53. The number of hydrogen-bond acceptors (Lipinski definition) is 4. The van der Waals surface area contributed by atoms with Gasteiger partial charge < -0.3 is 15.0 Å². The first kappa shape index (κ1) is 25.8. The van der Waals surface area contributed by atoms with Gasteiger partial charge in [-0.3, -0.25) is 18.7 Å². The van der Waals surface area contributed by atoms with Crippen LogP contribution in [0.2, 0.25) is 5.02 Å². The van der Waals surface area contributed by atoms with Crippen LogP contribution in [0.15, 0.2) is 82.1 Å². The molecule has 0 fully saturated rings. The number of nitrogens with zero attached hydrogens (tertiary/aromatic N) is 3. The molecule has 0 saturated carbocycles. The molecule has 1 aliphatic rings. The van der Waals surface area contributed by atoms with E-state index in [0.29, 0.717) is 45.3 Å². The van der Waals surface area contributed by atoms with Gasteiger partial charge in [0.25, 0.3) is 11.8 Å².